The van der Waals surface area contributed by atoms with Gasteiger partial charge >= 0.3 is 6.18 Å². The van der Waals surface area contributed by atoms with Crippen LogP contribution in [0.15, 0.2) is 24.3 Å². The van der Waals surface area contributed by atoms with Gasteiger partial charge in [0.1, 0.15) is 0 Å². The molecule has 1 fully saturated rings. The first kappa shape index (κ1) is 15.8. The van der Waals surface area contributed by atoms with Gasteiger partial charge in [0.15, 0.2) is 0 Å². The van der Waals surface area contributed by atoms with Gasteiger partial charge in [-0.15, -0.1) is 0 Å². The molecule has 0 heterocycles. The lowest BCUT2D eigenvalue weighted by Crippen LogP contribution is -2.47. The van der Waals surface area contributed by atoms with Gasteiger partial charge in [0.05, 0.1) is 11.0 Å². The smallest absolute Gasteiger partial charge is 0.351 e. The number of nitrogens with one attached hydrogen (secondary N) is 1. The Kier molecular flexibility index (Phi) is 4.27. The molecule has 1 aliphatic carbocycles. The van der Waals surface area contributed by atoms with Crippen molar-refractivity contribution < 1.29 is 18.0 Å². The van der Waals surface area contributed by atoms with E-state index < -0.39 is 17.2 Å². The zero-order chi connectivity index (χ0) is 15.7. The molecule has 1 saturated carbocycles. The lowest BCUT2D eigenvalue weighted by molar-refractivity contribution is -0.139. The second kappa shape index (κ2) is 5.67. The molecular formula is C15H19F3N2O. The Morgan fingerprint density at radius 2 is 2.10 bits per heavy atom. The highest BCUT2D eigenvalue weighted by Gasteiger charge is 2.43. The Balaban J connectivity index is 2.09. The first-order valence-electron chi connectivity index (χ1n) is 6.94. The third kappa shape index (κ3) is 3.20. The van der Waals surface area contributed by atoms with E-state index in [1.807, 2.05) is 0 Å². The normalized spacial score (nSPS) is 25.9. The van der Waals surface area contributed by atoms with E-state index in [0.717, 1.165) is 18.9 Å². The first-order chi connectivity index (χ1) is 9.75. The summed E-state index contributed by atoms with van der Waals surface area (Å²) in [5.41, 5.74) is 4.60. The Bertz CT molecular complexity index is 530. The molecule has 2 unspecified atom stereocenters. The maximum Gasteiger partial charge on any atom is 0.416 e. The maximum absolute atomic E-state index is 12.9. The van der Waals surface area contributed by atoms with E-state index in [1.165, 1.54) is 18.2 Å². The fourth-order valence-electron chi connectivity index (χ4n) is 2.80. The lowest BCUT2D eigenvalue weighted by atomic mass is 9.84. The van der Waals surface area contributed by atoms with Crippen LogP contribution in [0.2, 0.25) is 0 Å². The number of alkyl halides is 3. The Hall–Kier alpha value is -1.56. The molecule has 21 heavy (non-hydrogen) atoms. The molecule has 0 spiro atoms. The van der Waals surface area contributed by atoms with Crippen molar-refractivity contribution in [3.05, 3.63) is 35.4 Å². The van der Waals surface area contributed by atoms with Gasteiger partial charge in [-0.2, -0.15) is 13.2 Å². The predicted octanol–water partition coefficient (Wildman–Crippen LogP) is 2.84. The number of amides is 1. The van der Waals surface area contributed by atoms with Gasteiger partial charge < -0.3 is 11.1 Å². The average molecular weight is 300 g/mol. The summed E-state index contributed by atoms with van der Waals surface area (Å²) in [6, 6.07) is 5.02. The van der Waals surface area contributed by atoms with E-state index >= 15 is 0 Å². The van der Waals surface area contributed by atoms with Crippen LogP contribution in [0, 0.1) is 5.41 Å². The maximum atomic E-state index is 12.9. The predicted molar refractivity (Wildman–Crippen MR) is 73.2 cm³/mol. The minimum atomic E-state index is -4.42. The number of nitrogens with two attached hydrogens (primary N) is 1. The van der Waals surface area contributed by atoms with Crippen molar-refractivity contribution in [3.63, 3.8) is 0 Å². The summed E-state index contributed by atoms with van der Waals surface area (Å²) in [6.07, 6.45) is -2.12. The van der Waals surface area contributed by atoms with Crippen LogP contribution in [0.1, 0.15) is 37.3 Å². The summed E-state index contributed by atoms with van der Waals surface area (Å²) in [7, 11) is 0. The Morgan fingerprint density at radius 1 is 1.43 bits per heavy atom. The SMILES string of the molecule is CC1(C(=O)NCc2ccccc2C(F)(F)F)CCCC1N. The molecule has 6 heteroatoms. The molecule has 2 atom stereocenters. The molecule has 116 valence electrons. The number of hydrogen-bond acceptors (Lipinski definition) is 2. The van der Waals surface area contributed by atoms with Gasteiger partial charge in [-0.1, -0.05) is 24.6 Å². The number of halogens is 3. The number of carbonyl (C=O) groups is 1. The van der Waals surface area contributed by atoms with Crippen molar-refractivity contribution in [2.24, 2.45) is 11.1 Å². The van der Waals surface area contributed by atoms with E-state index in [1.54, 1.807) is 6.92 Å². The summed E-state index contributed by atoms with van der Waals surface area (Å²) in [4.78, 5) is 12.2. The number of rotatable bonds is 3. The summed E-state index contributed by atoms with van der Waals surface area (Å²) >= 11 is 0. The molecule has 0 aromatic heterocycles. The molecule has 3 N–H and O–H groups in total. The fourth-order valence-corrected chi connectivity index (χ4v) is 2.80. The minimum absolute atomic E-state index is 0.0634. The van der Waals surface area contributed by atoms with Crippen LogP contribution < -0.4 is 11.1 Å². The van der Waals surface area contributed by atoms with Gasteiger partial charge in [0.2, 0.25) is 5.91 Å². The molecule has 2 rings (SSSR count). The molecule has 3 nitrogen and oxygen atoms in total. The summed E-state index contributed by atoms with van der Waals surface area (Å²) in [6.45, 7) is 1.63. The fraction of sp³-hybridized carbons (Fsp3) is 0.533. The molecule has 0 bridgehead atoms. The molecule has 0 aliphatic heterocycles. The van der Waals surface area contributed by atoms with Crippen LogP contribution >= 0.6 is 0 Å². The monoisotopic (exact) mass is 300 g/mol. The highest BCUT2D eigenvalue weighted by molar-refractivity contribution is 5.83. The summed E-state index contributed by atoms with van der Waals surface area (Å²) < 4.78 is 38.6. The first-order valence-corrected chi connectivity index (χ1v) is 6.94. The van der Waals surface area contributed by atoms with Crippen molar-refractivity contribution >= 4 is 5.91 Å². The van der Waals surface area contributed by atoms with Crippen LogP contribution in [-0.2, 0) is 17.5 Å². The van der Waals surface area contributed by atoms with Crippen LogP contribution in [-0.4, -0.2) is 11.9 Å². The van der Waals surface area contributed by atoms with Gasteiger partial charge in [-0.3, -0.25) is 4.79 Å². The van der Waals surface area contributed by atoms with E-state index in [0.29, 0.717) is 6.42 Å². The van der Waals surface area contributed by atoms with Gasteiger partial charge in [-0.05, 0) is 31.4 Å². The lowest BCUT2D eigenvalue weighted by Gasteiger charge is -2.27. The van der Waals surface area contributed by atoms with E-state index in [2.05, 4.69) is 5.32 Å². The average Bonchev–Trinajstić information content (AvgIpc) is 2.76. The standard InChI is InChI=1S/C15H19F3N2O/c1-14(8-4-7-12(14)19)13(21)20-9-10-5-2-3-6-11(10)15(16,17)18/h2-3,5-6,12H,4,7-9,19H2,1H3,(H,20,21). The zero-order valence-electron chi connectivity index (χ0n) is 11.8. The molecular weight excluding hydrogens is 281 g/mol. The van der Waals surface area contributed by atoms with Gasteiger partial charge in [0, 0.05) is 12.6 Å². The van der Waals surface area contributed by atoms with Crippen molar-refractivity contribution in [3.8, 4) is 0 Å². The zero-order valence-corrected chi connectivity index (χ0v) is 11.8. The van der Waals surface area contributed by atoms with Crippen LogP contribution in [0.4, 0.5) is 13.2 Å². The topological polar surface area (TPSA) is 55.1 Å². The molecule has 0 radical (unpaired) electrons. The minimum Gasteiger partial charge on any atom is -0.351 e. The second-order valence-electron chi connectivity index (χ2n) is 5.75. The molecule has 0 saturated heterocycles. The van der Waals surface area contributed by atoms with Crippen LogP contribution in [0.3, 0.4) is 0 Å². The summed E-state index contributed by atoms with van der Waals surface area (Å²) in [5.74, 6) is -0.274. The number of benzene rings is 1. The third-order valence-corrected chi connectivity index (χ3v) is 4.31. The second-order valence-corrected chi connectivity index (χ2v) is 5.75. The van der Waals surface area contributed by atoms with Crippen LogP contribution in [0.25, 0.3) is 0 Å². The Morgan fingerprint density at radius 3 is 2.67 bits per heavy atom. The molecule has 1 aromatic carbocycles. The van der Waals surface area contributed by atoms with Gasteiger partial charge in [-0.25, -0.2) is 0 Å². The third-order valence-electron chi connectivity index (χ3n) is 4.31. The molecule has 1 aliphatic rings. The van der Waals surface area contributed by atoms with E-state index in [-0.39, 0.29) is 24.1 Å². The van der Waals surface area contributed by atoms with Gasteiger partial charge in [0.25, 0.3) is 0 Å². The quantitative estimate of drug-likeness (QED) is 0.902. The van der Waals surface area contributed by atoms with E-state index in [4.69, 9.17) is 5.73 Å². The number of hydrogen-bond donors (Lipinski definition) is 2. The van der Waals surface area contributed by atoms with Crippen LogP contribution in [0.5, 0.6) is 0 Å². The van der Waals surface area contributed by atoms with Crippen molar-refractivity contribution in [2.45, 2.75) is 44.9 Å². The summed E-state index contributed by atoms with van der Waals surface area (Å²) in [5, 5.41) is 2.61. The highest BCUT2D eigenvalue weighted by Crippen LogP contribution is 2.37. The largest absolute Gasteiger partial charge is 0.416 e. The van der Waals surface area contributed by atoms with Crippen molar-refractivity contribution in [1.29, 1.82) is 0 Å². The van der Waals surface area contributed by atoms with Crippen molar-refractivity contribution in [2.75, 3.05) is 0 Å². The molecule has 1 aromatic rings. The highest BCUT2D eigenvalue weighted by atomic mass is 19.4. The Labute approximate surface area is 121 Å². The molecule has 1 amide bonds. The van der Waals surface area contributed by atoms with Crippen molar-refractivity contribution in [1.82, 2.24) is 5.32 Å². The number of carbonyl (C=O) groups excluding carboxylic acids is 1. The van der Waals surface area contributed by atoms with E-state index in [9.17, 15) is 18.0 Å².